The van der Waals surface area contributed by atoms with Crippen LogP contribution in [-0.4, -0.2) is 38.1 Å². The summed E-state index contributed by atoms with van der Waals surface area (Å²) < 4.78 is 15.5. The predicted octanol–water partition coefficient (Wildman–Crippen LogP) is 2.83. The minimum Gasteiger partial charge on any atom is -0.495 e. The molecule has 0 spiro atoms. The van der Waals surface area contributed by atoms with Gasteiger partial charge in [-0.05, 0) is 55.3 Å². The molecular weight excluding hydrogens is 376 g/mol. The quantitative estimate of drug-likeness (QED) is 0.661. The number of hydrogen-bond acceptors (Lipinski definition) is 6. The Hall–Kier alpha value is -3.55. The van der Waals surface area contributed by atoms with Crippen LogP contribution in [0.3, 0.4) is 0 Å². The zero-order valence-corrected chi connectivity index (χ0v) is 16.8. The minimum atomic E-state index is -0.668. The fourth-order valence-corrected chi connectivity index (χ4v) is 2.62. The number of esters is 1. The molecule has 154 valence electrons. The van der Waals surface area contributed by atoms with Crippen LogP contribution in [0.5, 0.6) is 11.5 Å². The monoisotopic (exact) mass is 400 g/mol. The first kappa shape index (κ1) is 21.7. The van der Waals surface area contributed by atoms with Gasteiger partial charge in [-0.3, -0.25) is 9.59 Å². The first-order chi connectivity index (χ1) is 13.8. The van der Waals surface area contributed by atoms with Crippen LogP contribution in [0.4, 0.5) is 11.4 Å². The van der Waals surface area contributed by atoms with E-state index in [4.69, 9.17) is 14.2 Å². The zero-order valence-electron chi connectivity index (χ0n) is 16.8. The van der Waals surface area contributed by atoms with Crippen LogP contribution in [0.25, 0.3) is 0 Å². The van der Waals surface area contributed by atoms with Crippen molar-refractivity contribution in [2.24, 2.45) is 0 Å². The molecule has 0 aliphatic rings. The molecule has 0 heterocycles. The summed E-state index contributed by atoms with van der Waals surface area (Å²) in [6.45, 7) is 4.44. The number of methoxy groups -OCH3 is 1. The first-order valence-corrected chi connectivity index (χ1v) is 8.89. The van der Waals surface area contributed by atoms with Gasteiger partial charge in [0, 0.05) is 12.6 Å². The number of nitrogens with one attached hydrogen (secondary N) is 2. The van der Waals surface area contributed by atoms with Gasteiger partial charge in [-0.2, -0.15) is 0 Å². The van der Waals surface area contributed by atoms with Crippen molar-refractivity contribution in [1.82, 2.24) is 0 Å². The van der Waals surface area contributed by atoms with E-state index in [1.165, 1.54) is 14.0 Å². The van der Waals surface area contributed by atoms with Gasteiger partial charge >= 0.3 is 5.97 Å². The molecule has 0 aliphatic heterocycles. The topological polar surface area (TPSA) is 103 Å². The lowest BCUT2D eigenvalue weighted by molar-refractivity contribution is -0.149. The van der Waals surface area contributed by atoms with E-state index >= 15 is 0 Å². The normalized spacial score (nSPS) is 10.1. The Labute approximate surface area is 169 Å². The Morgan fingerprint density at radius 3 is 2.24 bits per heavy atom. The second kappa shape index (κ2) is 10.1. The van der Waals surface area contributed by atoms with Crippen LogP contribution in [0, 0.1) is 13.8 Å². The summed E-state index contributed by atoms with van der Waals surface area (Å²) in [5.41, 5.74) is 2.87. The molecule has 0 unspecified atom stereocenters. The fourth-order valence-electron chi connectivity index (χ4n) is 2.62. The largest absolute Gasteiger partial charge is 0.495 e. The average molecular weight is 400 g/mol. The summed E-state index contributed by atoms with van der Waals surface area (Å²) in [4.78, 5) is 35.1. The lowest BCUT2D eigenvalue weighted by atomic mass is 10.1. The number of anilines is 2. The molecule has 0 saturated heterocycles. The van der Waals surface area contributed by atoms with Gasteiger partial charge in [0.05, 0.1) is 12.8 Å². The van der Waals surface area contributed by atoms with E-state index in [1.807, 2.05) is 19.9 Å². The maximum atomic E-state index is 12.1. The second-order valence-corrected chi connectivity index (χ2v) is 6.42. The second-order valence-electron chi connectivity index (χ2n) is 6.42. The fraction of sp³-hybridized carbons (Fsp3) is 0.286. The molecule has 0 radical (unpaired) electrons. The van der Waals surface area contributed by atoms with Crippen molar-refractivity contribution < 1.29 is 28.6 Å². The van der Waals surface area contributed by atoms with Gasteiger partial charge in [0.2, 0.25) is 5.91 Å². The number of rotatable bonds is 8. The summed E-state index contributed by atoms with van der Waals surface area (Å²) in [7, 11) is 1.45. The molecule has 8 nitrogen and oxygen atoms in total. The molecule has 2 aromatic rings. The van der Waals surface area contributed by atoms with Gasteiger partial charge < -0.3 is 24.8 Å². The molecule has 2 aromatic carbocycles. The zero-order chi connectivity index (χ0) is 21.4. The number of carbonyl (C=O) groups excluding carboxylic acids is 3. The molecular formula is C21H24N2O6. The summed E-state index contributed by atoms with van der Waals surface area (Å²) in [6, 6.07) is 10.4. The van der Waals surface area contributed by atoms with Crippen molar-refractivity contribution in [2.75, 3.05) is 31.0 Å². The summed E-state index contributed by atoms with van der Waals surface area (Å²) in [5.74, 6) is -0.508. The van der Waals surface area contributed by atoms with Crippen molar-refractivity contribution >= 4 is 29.2 Å². The molecule has 2 amide bonds. The maximum absolute atomic E-state index is 12.1. The summed E-state index contributed by atoms with van der Waals surface area (Å²) in [6.07, 6.45) is 0. The highest BCUT2D eigenvalue weighted by molar-refractivity contribution is 5.96. The minimum absolute atomic E-state index is 0.245. The van der Waals surface area contributed by atoms with Crippen LogP contribution in [0.2, 0.25) is 0 Å². The van der Waals surface area contributed by atoms with Crippen LogP contribution in [0.15, 0.2) is 36.4 Å². The molecule has 0 fully saturated rings. The van der Waals surface area contributed by atoms with Gasteiger partial charge in [0.1, 0.15) is 11.5 Å². The molecule has 2 rings (SSSR count). The number of carbonyl (C=O) groups is 3. The highest BCUT2D eigenvalue weighted by atomic mass is 16.6. The number of amides is 2. The van der Waals surface area contributed by atoms with Crippen LogP contribution in [-0.2, 0) is 19.1 Å². The SMILES string of the molecule is COc1ccc(NC(C)=O)cc1NC(=O)COC(=O)COc1cc(C)cc(C)c1. The van der Waals surface area contributed by atoms with Crippen molar-refractivity contribution in [2.45, 2.75) is 20.8 Å². The van der Waals surface area contributed by atoms with Crippen LogP contribution < -0.4 is 20.1 Å². The van der Waals surface area contributed by atoms with Gasteiger partial charge in [0.15, 0.2) is 13.2 Å². The molecule has 0 saturated carbocycles. The van der Waals surface area contributed by atoms with E-state index in [-0.39, 0.29) is 12.5 Å². The third kappa shape index (κ3) is 7.17. The standard InChI is InChI=1S/C21H24N2O6/c1-13-7-14(2)9-17(8-13)28-12-21(26)29-11-20(25)23-18-10-16(22-15(3)24)5-6-19(18)27-4/h5-10H,11-12H2,1-4H3,(H,22,24)(H,23,25). The van der Waals surface area contributed by atoms with Crippen LogP contribution in [0.1, 0.15) is 18.1 Å². The lowest BCUT2D eigenvalue weighted by Gasteiger charge is -2.13. The lowest BCUT2D eigenvalue weighted by Crippen LogP contribution is -2.24. The van der Waals surface area contributed by atoms with E-state index < -0.39 is 18.5 Å². The number of ether oxygens (including phenoxy) is 3. The Kier molecular flexibility index (Phi) is 7.59. The Bertz CT molecular complexity index is 890. The van der Waals surface area contributed by atoms with Crippen molar-refractivity contribution in [1.29, 1.82) is 0 Å². The van der Waals surface area contributed by atoms with E-state index in [9.17, 15) is 14.4 Å². The molecule has 2 N–H and O–H groups in total. The first-order valence-electron chi connectivity index (χ1n) is 8.89. The Morgan fingerprint density at radius 1 is 0.931 bits per heavy atom. The summed E-state index contributed by atoms with van der Waals surface area (Å²) >= 11 is 0. The molecule has 0 aromatic heterocycles. The van der Waals surface area contributed by atoms with Gasteiger partial charge in [-0.15, -0.1) is 0 Å². The molecule has 29 heavy (non-hydrogen) atoms. The van der Waals surface area contributed by atoms with E-state index in [0.717, 1.165) is 11.1 Å². The Balaban J connectivity index is 1.87. The van der Waals surface area contributed by atoms with Gasteiger partial charge in [-0.1, -0.05) is 6.07 Å². The third-order valence-electron chi connectivity index (χ3n) is 3.71. The van der Waals surface area contributed by atoms with E-state index in [2.05, 4.69) is 10.6 Å². The highest BCUT2D eigenvalue weighted by Gasteiger charge is 2.12. The van der Waals surface area contributed by atoms with Crippen molar-refractivity contribution in [3.63, 3.8) is 0 Å². The molecule has 0 aliphatic carbocycles. The number of aryl methyl sites for hydroxylation is 2. The average Bonchev–Trinajstić information content (AvgIpc) is 2.64. The maximum Gasteiger partial charge on any atom is 0.344 e. The van der Waals surface area contributed by atoms with E-state index in [0.29, 0.717) is 22.9 Å². The smallest absolute Gasteiger partial charge is 0.344 e. The summed E-state index contributed by atoms with van der Waals surface area (Å²) in [5, 5.41) is 5.20. The van der Waals surface area contributed by atoms with Gasteiger partial charge in [0.25, 0.3) is 5.91 Å². The molecule has 8 heteroatoms. The van der Waals surface area contributed by atoms with Crippen molar-refractivity contribution in [3.8, 4) is 11.5 Å². The number of hydrogen-bond donors (Lipinski definition) is 2. The van der Waals surface area contributed by atoms with Gasteiger partial charge in [-0.25, -0.2) is 4.79 Å². The van der Waals surface area contributed by atoms with E-state index in [1.54, 1.807) is 30.3 Å². The number of benzene rings is 2. The molecule has 0 bridgehead atoms. The Morgan fingerprint density at radius 2 is 1.62 bits per heavy atom. The van der Waals surface area contributed by atoms with Crippen LogP contribution >= 0.6 is 0 Å². The molecule has 0 atom stereocenters. The third-order valence-corrected chi connectivity index (χ3v) is 3.71. The highest BCUT2D eigenvalue weighted by Crippen LogP contribution is 2.27. The predicted molar refractivity (Wildman–Crippen MR) is 108 cm³/mol. The van der Waals surface area contributed by atoms with Crippen molar-refractivity contribution in [3.05, 3.63) is 47.5 Å².